The Labute approximate surface area is 105 Å². The molecule has 0 saturated carbocycles. The standard InChI is InChI=1S/C6H12O.C6H10O.C2H4O/c1-5(2)6(3)7-4;1-4-6(7)5(2)3;1-2-3/h1-4H3;2,4H2,1,3H3;2-3H,1H2. The van der Waals surface area contributed by atoms with E-state index in [1.54, 1.807) is 14.0 Å². The smallest absolute Gasteiger partial charge is 0.157 e. The Kier molecular flexibility index (Phi) is 17.8. The molecule has 0 aliphatic heterocycles. The maximum Gasteiger partial charge on any atom is 0.157 e. The zero-order valence-corrected chi connectivity index (χ0v) is 12.0. The molecule has 0 radical (unpaired) electrons. The van der Waals surface area contributed by atoms with Crippen LogP contribution < -0.4 is 0 Å². The molecule has 17 heavy (non-hydrogen) atoms. The minimum atomic E-state index is 0.153. The Morgan fingerprint density at radius 3 is 1.65 bits per heavy atom. The van der Waals surface area contributed by atoms with Crippen molar-refractivity contribution in [3.63, 3.8) is 0 Å². The molecule has 0 amide bonds. The second-order valence-electron chi connectivity index (χ2n) is 3.50. The molecule has 0 spiro atoms. The van der Waals surface area contributed by atoms with E-state index in [4.69, 9.17) is 9.84 Å². The van der Waals surface area contributed by atoms with Crippen LogP contribution in [0.25, 0.3) is 0 Å². The fourth-order valence-corrected chi connectivity index (χ4v) is 0.506. The summed E-state index contributed by atoms with van der Waals surface area (Å²) in [4.78, 5) is 10.4. The van der Waals surface area contributed by atoms with Crippen molar-refractivity contribution in [2.45, 2.75) is 41.0 Å². The van der Waals surface area contributed by atoms with Gasteiger partial charge in [-0.1, -0.05) is 20.1 Å². The van der Waals surface area contributed by atoms with Crippen molar-refractivity contribution < 1.29 is 14.6 Å². The lowest BCUT2D eigenvalue weighted by Crippen LogP contribution is -1.93. The Bertz CT molecular complexity index is 259. The number of aliphatic hydroxyl groups is 1. The number of hydrogen-bond donors (Lipinski definition) is 1. The Balaban J connectivity index is -0.000000188. The van der Waals surface area contributed by atoms with Crippen molar-refractivity contribution in [3.05, 3.63) is 36.3 Å². The topological polar surface area (TPSA) is 46.5 Å². The minimum absolute atomic E-state index is 0.153. The van der Waals surface area contributed by atoms with Crippen molar-refractivity contribution in [1.82, 2.24) is 0 Å². The lowest BCUT2D eigenvalue weighted by atomic mass is 10.2. The third kappa shape index (κ3) is 20.5. The molecule has 100 valence electrons. The van der Waals surface area contributed by atoms with E-state index in [1.165, 1.54) is 5.57 Å². The summed E-state index contributed by atoms with van der Waals surface area (Å²) < 4.78 is 4.89. The van der Waals surface area contributed by atoms with E-state index < -0.39 is 0 Å². The zero-order chi connectivity index (χ0) is 14.4. The molecule has 0 aliphatic rings. The quantitative estimate of drug-likeness (QED) is 0.596. The van der Waals surface area contributed by atoms with E-state index in [0.717, 1.165) is 12.0 Å². The maximum atomic E-state index is 10.4. The first-order valence-electron chi connectivity index (χ1n) is 5.40. The highest BCUT2D eigenvalue weighted by molar-refractivity contribution is 5.93. The number of carbonyl (C=O) groups is 1. The molecule has 0 bridgehead atoms. The summed E-state index contributed by atoms with van der Waals surface area (Å²) >= 11 is 0. The lowest BCUT2D eigenvalue weighted by molar-refractivity contribution is -0.115. The Morgan fingerprint density at radius 1 is 1.29 bits per heavy atom. The first-order valence-corrected chi connectivity index (χ1v) is 5.40. The van der Waals surface area contributed by atoms with E-state index in [0.29, 0.717) is 12.0 Å². The van der Waals surface area contributed by atoms with Crippen LogP contribution in [-0.4, -0.2) is 18.0 Å². The Hall–Kier alpha value is -1.51. The SMILES string of the molecule is C=C(C)C(=O)CC.C=CO.COC(C)=C(C)C. The molecule has 0 heterocycles. The van der Waals surface area contributed by atoms with Crippen molar-refractivity contribution in [3.8, 4) is 0 Å². The van der Waals surface area contributed by atoms with Crippen LogP contribution in [-0.2, 0) is 9.53 Å². The van der Waals surface area contributed by atoms with Crippen LogP contribution in [0.1, 0.15) is 41.0 Å². The van der Waals surface area contributed by atoms with E-state index >= 15 is 0 Å². The number of allylic oxidation sites excluding steroid dienone is 3. The highest BCUT2D eigenvalue weighted by Crippen LogP contribution is 1.99. The van der Waals surface area contributed by atoms with Gasteiger partial charge in [-0.15, -0.1) is 0 Å². The van der Waals surface area contributed by atoms with Crippen LogP contribution in [0.4, 0.5) is 0 Å². The summed E-state index contributed by atoms with van der Waals surface area (Å²) in [5.41, 5.74) is 1.89. The first kappa shape index (κ1) is 20.8. The minimum Gasteiger partial charge on any atom is -0.516 e. The van der Waals surface area contributed by atoms with Crippen LogP contribution >= 0.6 is 0 Å². The largest absolute Gasteiger partial charge is 0.516 e. The summed E-state index contributed by atoms with van der Waals surface area (Å²) in [6, 6.07) is 0. The van der Waals surface area contributed by atoms with Crippen molar-refractivity contribution in [2.75, 3.05) is 7.11 Å². The van der Waals surface area contributed by atoms with Crippen LogP contribution in [0.15, 0.2) is 36.3 Å². The van der Waals surface area contributed by atoms with E-state index in [-0.39, 0.29) is 5.78 Å². The van der Waals surface area contributed by atoms with Gasteiger partial charge in [-0.3, -0.25) is 4.79 Å². The van der Waals surface area contributed by atoms with Gasteiger partial charge in [-0.2, -0.15) is 0 Å². The summed E-state index contributed by atoms with van der Waals surface area (Å²) in [5, 5.41) is 7.33. The highest BCUT2D eigenvalue weighted by Gasteiger charge is 1.93. The fourth-order valence-electron chi connectivity index (χ4n) is 0.506. The predicted molar refractivity (Wildman–Crippen MR) is 74.0 cm³/mol. The van der Waals surface area contributed by atoms with Crippen molar-refractivity contribution in [2.24, 2.45) is 0 Å². The average molecular weight is 242 g/mol. The molecule has 0 aromatic rings. The summed E-state index contributed by atoms with van der Waals surface area (Å²) in [7, 11) is 1.68. The maximum absolute atomic E-state index is 10.4. The number of Topliss-reactive ketones (excluding diaryl/α,β-unsaturated/α-hetero) is 1. The second kappa shape index (κ2) is 14.5. The third-order valence-electron chi connectivity index (χ3n) is 1.81. The molecule has 0 aromatic heterocycles. The summed E-state index contributed by atoms with van der Waals surface area (Å²) in [6.45, 7) is 16.0. The van der Waals surface area contributed by atoms with Crippen LogP contribution in [0.2, 0.25) is 0 Å². The fraction of sp³-hybridized carbons (Fsp3) is 0.500. The number of aliphatic hydroxyl groups excluding tert-OH is 1. The highest BCUT2D eigenvalue weighted by atomic mass is 16.5. The molecule has 0 atom stereocenters. The van der Waals surface area contributed by atoms with E-state index in [1.807, 2.05) is 27.7 Å². The molecule has 1 N–H and O–H groups in total. The molecule has 3 heteroatoms. The molecule has 0 aliphatic carbocycles. The third-order valence-corrected chi connectivity index (χ3v) is 1.81. The second-order valence-corrected chi connectivity index (χ2v) is 3.50. The monoisotopic (exact) mass is 242 g/mol. The summed E-state index contributed by atoms with van der Waals surface area (Å²) in [5.74, 6) is 1.17. The van der Waals surface area contributed by atoms with E-state index in [2.05, 4.69) is 13.2 Å². The average Bonchev–Trinajstić information content (AvgIpc) is 2.28. The molecular weight excluding hydrogens is 216 g/mol. The number of ether oxygens (including phenoxy) is 1. The predicted octanol–water partition coefficient (Wildman–Crippen LogP) is 4.18. The van der Waals surface area contributed by atoms with Crippen molar-refractivity contribution >= 4 is 5.78 Å². The van der Waals surface area contributed by atoms with Gasteiger partial charge in [0, 0.05) is 6.42 Å². The van der Waals surface area contributed by atoms with Gasteiger partial charge < -0.3 is 9.84 Å². The lowest BCUT2D eigenvalue weighted by Gasteiger charge is -1.98. The van der Waals surface area contributed by atoms with Crippen LogP contribution in [0.5, 0.6) is 0 Å². The van der Waals surface area contributed by atoms with Gasteiger partial charge in [0.25, 0.3) is 0 Å². The van der Waals surface area contributed by atoms with Crippen LogP contribution in [0.3, 0.4) is 0 Å². The van der Waals surface area contributed by atoms with Gasteiger partial charge in [0.1, 0.15) is 0 Å². The Morgan fingerprint density at radius 2 is 1.65 bits per heavy atom. The molecule has 0 fully saturated rings. The number of carbonyl (C=O) groups excluding carboxylic acids is 1. The van der Waals surface area contributed by atoms with E-state index in [9.17, 15) is 4.79 Å². The first-order chi connectivity index (χ1) is 7.78. The van der Waals surface area contributed by atoms with Gasteiger partial charge in [0.15, 0.2) is 5.78 Å². The van der Waals surface area contributed by atoms with Gasteiger partial charge in [-0.25, -0.2) is 0 Å². The number of ketones is 1. The number of rotatable bonds is 3. The number of hydrogen-bond acceptors (Lipinski definition) is 3. The van der Waals surface area contributed by atoms with Crippen LogP contribution in [0, 0.1) is 0 Å². The molecule has 0 saturated heterocycles. The van der Waals surface area contributed by atoms with Gasteiger partial charge in [0.2, 0.25) is 0 Å². The molecule has 0 aromatic carbocycles. The zero-order valence-electron chi connectivity index (χ0n) is 12.0. The molecule has 0 rings (SSSR count). The molecule has 3 nitrogen and oxygen atoms in total. The summed E-state index contributed by atoms with van der Waals surface area (Å²) in [6.07, 6.45) is 1.33. The normalized spacial score (nSPS) is 7.41. The number of methoxy groups -OCH3 is 1. The van der Waals surface area contributed by atoms with Gasteiger partial charge in [-0.05, 0) is 38.8 Å². The van der Waals surface area contributed by atoms with Gasteiger partial charge >= 0.3 is 0 Å². The molecular formula is C14H26O3. The van der Waals surface area contributed by atoms with Gasteiger partial charge in [0.05, 0.1) is 19.1 Å². The molecule has 0 unspecified atom stereocenters. The van der Waals surface area contributed by atoms with Crippen molar-refractivity contribution in [1.29, 1.82) is 0 Å².